The number of hydrogen-bond donors (Lipinski definition) is 2. The van der Waals surface area contributed by atoms with Crippen molar-refractivity contribution in [3.63, 3.8) is 0 Å². The summed E-state index contributed by atoms with van der Waals surface area (Å²) in [5, 5.41) is 18.5. The highest BCUT2D eigenvalue weighted by molar-refractivity contribution is 5.80. The smallest absolute Gasteiger partial charge is 0.268 e. The molecule has 0 spiro atoms. The zero-order chi connectivity index (χ0) is 12.4. The van der Waals surface area contributed by atoms with Crippen molar-refractivity contribution in [1.29, 1.82) is 5.26 Å². The van der Waals surface area contributed by atoms with Crippen LogP contribution in [0, 0.1) is 18.3 Å². The molecule has 2 heterocycles. The van der Waals surface area contributed by atoms with Gasteiger partial charge in [-0.2, -0.15) is 5.26 Å². The maximum Gasteiger partial charge on any atom is 0.268 e. The maximum absolute atomic E-state index is 11.4. The van der Waals surface area contributed by atoms with Crippen LogP contribution in [0.2, 0.25) is 0 Å². The molecule has 1 aliphatic heterocycles. The zero-order valence-corrected chi connectivity index (χ0v) is 9.06. The fourth-order valence-corrected chi connectivity index (χ4v) is 1.58. The Morgan fingerprint density at radius 3 is 2.94 bits per heavy atom. The van der Waals surface area contributed by atoms with E-state index >= 15 is 0 Å². The first-order valence-corrected chi connectivity index (χ1v) is 4.92. The topological polar surface area (TPSA) is 89.2 Å². The fourth-order valence-electron chi connectivity index (χ4n) is 1.58. The minimum absolute atomic E-state index is 0.000561. The summed E-state index contributed by atoms with van der Waals surface area (Å²) < 4.78 is 0. The SMILES string of the molecule is Cc1c(C=C2C=CC=N2)c(O)[nH]c(=O)c1C#N. The Bertz CT molecular complexity index is 644. The van der Waals surface area contributed by atoms with E-state index < -0.39 is 5.56 Å². The Morgan fingerprint density at radius 2 is 2.35 bits per heavy atom. The van der Waals surface area contributed by atoms with E-state index in [9.17, 15) is 9.90 Å². The first kappa shape index (κ1) is 10.9. The second-order valence-corrected chi connectivity index (χ2v) is 3.53. The van der Waals surface area contributed by atoms with Gasteiger partial charge < -0.3 is 5.11 Å². The van der Waals surface area contributed by atoms with E-state index in [0.717, 1.165) is 0 Å². The van der Waals surface area contributed by atoms with Gasteiger partial charge in [0.1, 0.15) is 11.6 Å². The van der Waals surface area contributed by atoms with Crippen LogP contribution in [0.15, 0.2) is 27.6 Å². The Morgan fingerprint density at radius 1 is 1.59 bits per heavy atom. The first-order valence-electron chi connectivity index (χ1n) is 4.92. The summed E-state index contributed by atoms with van der Waals surface area (Å²) in [6.45, 7) is 1.61. The number of aromatic hydroxyl groups is 1. The average Bonchev–Trinajstić information content (AvgIpc) is 2.77. The van der Waals surface area contributed by atoms with Crippen molar-refractivity contribution < 1.29 is 5.11 Å². The van der Waals surface area contributed by atoms with Crippen molar-refractivity contribution in [3.8, 4) is 11.9 Å². The molecule has 1 aromatic heterocycles. The lowest BCUT2D eigenvalue weighted by Gasteiger charge is -2.05. The van der Waals surface area contributed by atoms with Gasteiger partial charge in [-0.1, -0.05) is 0 Å². The molecule has 0 unspecified atom stereocenters. The molecule has 0 radical (unpaired) electrons. The summed E-state index contributed by atoms with van der Waals surface area (Å²) in [7, 11) is 0. The van der Waals surface area contributed by atoms with Crippen molar-refractivity contribution >= 4 is 12.3 Å². The summed E-state index contributed by atoms with van der Waals surface area (Å²) in [6.07, 6.45) is 6.75. The van der Waals surface area contributed by atoms with Crippen molar-refractivity contribution in [3.05, 3.63) is 44.9 Å². The molecule has 2 N–H and O–H groups in total. The van der Waals surface area contributed by atoms with E-state index in [1.165, 1.54) is 0 Å². The summed E-state index contributed by atoms with van der Waals surface area (Å²) >= 11 is 0. The normalized spacial score (nSPS) is 15.4. The number of aliphatic imine (C=N–C) groups is 1. The van der Waals surface area contributed by atoms with Crippen LogP contribution >= 0.6 is 0 Å². The fraction of sp³-hybridized carbons (Fsp3) is 0.0833. The monoisotopic (exact) mass is 227 g/mol. The number of aromatic nitrogens is 1. The molecule has 0 saturated carbocycles. The van der Waals surface area contributed by atoms with E-state index in [0.29, 0.717) is 16.8 Å². The summed E-state index contributed by atoms with van der Waals surface area (Å²) in [6, 6.07) is 1.82. The highest BCUT2D eigenvalue weighted by atomic mass is 16.3. The van der Waals surface area contributed by atoms with Crippen molar-refractivity contribution in [1.82, 2.24) is 4.98 Å². The van der Waals surface area contributed by atoms with Gasteiger partial charge >= 0.3 is 0 Å². The molecule has 17 heavy (non-hydrogen) atoms. The number of pyridine rings is 1. The van der Waals surface area contributed by atoms with Crippen LogP contribution < -0.4 is 5.56 Å². The molecule has 0 aromatic carbocycles. The third-order valence-electron chi connectivity index (χ3n) is 2.47. The van der Waals surface area contributed by atoms with Crippen LogP contribution in [0.4, 0.5) is 0 Å². The van der Waals surface area contributed by atoms with Crippen LogP contribution in [0.5, 0.6) is 5.88 Å². The summed E-state index contributed by atoms with van der Waals surface area (Å²) in [5.74, 6) is -0.255. The van der Waals surface area contributed by atoms with Crippen LogP contribution in [0.25, 0.3) is 6.08 Å². The second kappa shape index (κ2) is 4.10. The van der Waals surface area contributed by atoms with Gasteiger partial charge in [-0.05, 0) is 30.7 Å². The number of hydrogen-bond acceptors (Lipinski definition) is 4. The summed E-state index contributed by atoms with van der Waals surface area (Å²) in [5.41, 5.74) is 0.909. The van der Waals surface area contributed by atoms with Gasteiger partial charge in [0.25, 0.3) is 5.56 Å². The Labute approximate surface area is 97.1 Å². The molecule has 84 valence electrons. The minimum Gasteiger partial charge on any atom is -0.494 e. The lowest BCUT2D eigenvalue weighted by molar-refractivity contribution is 0.449. The predicted molar refractivity (Wildman–Crippen MR) is 63.8 cm³/mol. The molecule has 1 aromatic rings. The molecule has 1 aliphatic rings. The molecule has 0 aliphatic carbocycles. The van der Waals surface area contributed by atoms with E-state index in [4.69, 9.17) is 5.26 Å². The summed E-state index contributed by atoms with van der Waals surface area (Å²) in [4.78, 5) is 17.6. The van der Waals surface area contributed by atoms with Crippen LogP contribution in [-0.4, -0.2) is 16.3 Å². The molecular weight excluding hydrogens is 218 g/mol. The lowest BCUT2D eigenvalue weighted by atomic mass is 10.0. The Balaban J connectivity index is 2.67. The minimum atomic E-state index is -0.588. The molecule has 0 amide bonds. The predicted octanol–water partition coefficient (Wildman–Crippen LogP) is 1.24. The molecule has 0 fully saturated rings. The van der Waals surface area contributed by atoms with E-state index in [1.54, 1.807) is 31.4 Å². The maximum atomic E-state index is 11.4. The van der Waals surface area contributed by atoms with E-state index in [-0.39, 0.29) is 11.4 Å². The number of allylic oxidation sites excluding steroid dienone is 2. The first-order chi connectivity index (χ1) is 8.13. The number of aromatic amines is 1. The van der Waals surface area contributed by atoms with E-state index in [2.05, 4.69) is 9.98 Å². The molecule has 0 saturated heterocycles. The van der Waals surface area contributed by atoms with Gasteiger partial charge in [0.05, 0.1) is 5.70 Å². The van der Waals surface area contributed by atoms with Gasteiger partial charge in [0.15, 0.2) is 5.88 Å². The van der Waals surface area contributed by atoms with Crippen LogP contribution in [0.1, 0.15) is 16.7 Å². The number of rotatable bonds is 1. The van der Waals surface area contributed by atoms with Crippen LogP contribution in [-0.2, 0) is 0 Å². The Kier molecular flexibility index (Phi) is 2.63. The van der Waals surface area contributed by atoms with Gasteiger partial charge in [-0.25, -0.2) is 0 Å². The van der Waals surface area contributed by atoms with Crippen molar-refractivity contribution in [2.75, 3.05) is 0 Å². The molecule has 5 heteroatoms. The van der Waals surface area contributed by atoms with Gasteiger partial charge in [0, 0.05) is 11.8 Å². The molecule has 2 rings (SSSR count). The zero-order valence-electron chi connectivity index (χ0n) is 9.06. The molecular formula is C12H9N3O2. The van der Waals surface area contributed by atoms with Crippen LogP contribution in [0.3, 0.4) is 0 Å². The van der Waals surface area contributed by atoms with Crippen molar-refractivity contribution in [2.45, 2.75) is 6.92 Å². The number of nitriles is 1. The average molecular weight is 227 g/mol. The van der Waals surface area contributed by atoms with E-state index in [1.807, 2.05) is 6.07 Å². The molecule has 0 atom stereocenters. The quantitative estimate of drug-likeness (QED) is 0.756. The standard InChI is InChI=1S/C12H9N3O2/c1-7-9(5-8-3-2-4-14-8)11(16)15-12(17)10(7)6-13/h2-5H,1H3,(H2,15,16,17). The number of H-pyrrole nitrogens is 1. The van der Waals surface area contributed by atoms with Crippen molar-refractivity contribution in [2.24, 2.45) is 4.99 Å². The molecule has 5 nitrogen and oxygen atoms in total. The lowest BCUT2D eigenvalue weighted by Crippen LogP contribution is -2.13. The number of nitrogens with one attached hydrogen (secondary N) is 1. The van der Waals surface area contributed by atoms with Gasteiger partial charge in [-0.3, -0.25) is 14.8 Å². The highest BCUT2D eigenvalue weighted by Gasteiger charge is 2.12. The van der Waals surface area contributed by atoms with Gasteiger partial charge in [0.2, 0.25) is 0 Å². The third-order valence-corrected chi connectivity index (χ3v) is 2.47. The Hall–Kier alpha value is -2.61. The third kappa shape index (κ3) is 1.88. The molecule has 0 bridgehead atoms. The highest BCUT2D eigenvalue weighted by Crippen LogP contribution is 2.23. The number of nitrogens with zero attached hydrogens (tertiary/aromatic N) is 2. The second-order valence-electron chi connectivity index (χ2n) is 3.53. The largest absolute Gasteiger partial charge is 0.494 e. The van der Waals surface area contributed by atoms with Gasteiger partial charge in [-0.15, -0.1) is 0 Å².